The lowest BCUT2D eigenvalue weighted by atomic mass is 9.97. The Morgan fingerprint density at radius 1 is 1.24 bits per heavy atom. The maximum Gasteiger partial charge on any atom is 0.243 e. The molecule has 1 atom stereocenters. The van der Waals surface area contributed by atoms with E-state index in [-0.39, 0.29) is 34.3 Å². The Balaban J connectivity index is 1.66. The lowest BCUT2D eigenvalue weighted by Crippen LogP contribution is -2.49. The Morgan fingerprint density at radius 2 is 1.97 bits per heavy atom. The zero-order valence-electron chi connectivity index (χ0n) is 17.1. The van der Waals surface area contributed by atoms with Crippen LogP contribution in [0.15, 0.2) is 23.1 Å². The lowest BCUT2D eigenvalue weighted by molar-refractivity contribution is -0.127. The number of amides is 1. The van der Waals surface area contributed by atoms with E-state index in [4.69, 9.17) is 16.3 Å². The van der Waals surface area contributed by atoms with Gasteiger partial charge in [0.2, 0.25) is 15.9 Å². The van der Waals surface area contributed by atoms with Gasteiger partial charge in [0.15, 0.2) is 0 Å². The normalized spacial score (nSPS) is 22.4. The minimum absolute atomic E-state index is 0.0378. The molecule has 0 spiro atoms. The molecule has 162 valence electrons. The van der Waals surface area contributed by atoms with Crippen LogP contribution in [0.1, 0.15) is 32.6 Å². The van der Waals surface area contributed by atoms with Gasteiger partial charge in [0.25, 0.3) is 0 Å². The topological polar surface area (TPSA) is 79.0 Å². The molecule has 0 radical (unpaired) electrons. The van der Waals surface area contributed by atoms with E-state index in [1.165, 1.54) is 16.4 Å². The molecular formula is C20H30ClN3O4S. The second kappa shape index (κ2) is 9.64. The summed E-state index contributed by atoms with van der Waals surface area (Å²) in [6.45, 7) is 4.83. The van der Waals surface area contributed by atoms with Gasteiger partial charge in [-0.3, -0.25) is 4.79 Å². The van der Waals surface area contributed by atoms with Crippen LogP contribution < -0.4 is 10.1 Å². The van der Waals surface area contributed by atoms with Gasteiger partial charge in [-0.25, -0.2) is 8.42 Å². The molecule has 0 bridgehead atoms. The molecule has 2 aliphatic heterocycles. The largest absolute Gasteiger partial charge is 0.492 e. The van der Waals surface area contributed by atoms with E-state index in [0.29, 0.717) is 31.7 Å². The maximum absolute atomic E-state index is 13.1. The molecule has 7 nitrogen and oxygen atoms in total. The highest BCUT2D eigenvalue weighted by molar-refractivity contribution is 7.89. The van der Waals surface area contributed by atoms with Gasteiger partial charge in [-0.2, -0.15) is 4.31 Å². The van der Waals surface area contributed by atoms with Crippen LogP contribution in [0.25, 0.3) is 0 Å². The van der Waals surface area contributed by atoms with Crippen LogP contribution >= 0.6 is 11.6 Å². The van der Waals surface area contributed by atoms with E-state index in [1.54, 1.807) is 6.07 Å². The van der Waals surface area contributed by atoms with Gasteiger partial charge in [0.1, 0.15) is 5.75 Å². The molecule has 1 aromatic carbocycles. The van der Waals surface area contributed by atoms with Crippen LogP contribution in [-0.2, 0) is 14.8 Å². The van der Waals surface area contributed by atoms with Gasteiger partial charge in [-0.1, -0.05) is 11.6 Å². The zero-order valence-corrected chi connectivity index (χ0v) is 18.6. The van der Waals surface area contributed by atoms with E-state index in [9.17, 15) is 13.2 Å². The van der Waals surface area contributed by atoms with E-state index < -0.39 is 10.0 Å². The van der Waals surface area contributed by atoms with Gasteiger partial charge in [0.05, 0.1) is 22.4 Å². The molecule has 1 aromatic rings. The Labute approximate surface area is 178 Å². The molecule has 3 rings (SSSR count). The molecule has 0 unspecified atom stereocenters. The summed E-state index contributed by atoms with van der Waals surface area (Å²) < 4.78 is 33.0. The first-order valence-corrected chi connectivity index (χ1v) is 12.0. The van der Waals surface area contributed by atoms with E-state index in [1.807, 2.05) is 6.92 Å². The monoisotopic (exact) mass is 443 g/mol. The summed E-state index contributed by atoms with van der Waals surface area (Å²) in [7, 11) is -1.64. The zero-order chi connectivity index (χ0) is 21.0. The fourth-order valence-corrected chi connectivity index (χ4v) is 5.76. The third-order valence-electron chi connectivity index (χ3n) is 5.66. The summed E-state index contributed by atoms with van der Waals surface area (Å²) in [5.41, 5.74) is 0. The Morgan fingerprint density at radius 3 is 2.62 bits per heavy atom. The fourth-order valence-electron chi connectivity index (χ4n) is 3.91. The summed E-state index contributed by atoms with van der Waals surface area (Å²) in [5, 5.41) is 3.39. The van der Waals surface area contributed by atoms with Gasteiger partial charge >= 0.3 is 0 Å². The van der Waals surface area contributed by atoms with Crippen molar-refractivity contribution < 1.29 is 17.9 Å². The lowest BCUT2D eigenvalue weighted by Gasteiger charge is -2.34. The maximum atomic E-state index is 13.1. The number of carbonyl (C=O) groups is 1. The van der Waals surface area contributed by atoms with Crippen LogP contribution in [0.4, 0.5) is 0 Å². The van der Waals surface area contributed by atoms with Crippen LogP contribution in [0.3, 0.4) is 0 Å². The number of piperidine rings is 2. The number of halogens is 1. The minimum atomic E-state index is -3.72. The first-order valence-electron chi connectivity index (χ1n) is 10.2. The molecule has 9 heteroatoms. The molecule has 0 saturated carbocycles. The van der Waals surface area contributed by atoms with E-state index in [0.717, 1.165) is 25.9 Å². The van der Waals surface area contributed by atoms with Crippen molar-refractivity contribution in [3.05, 3.63) is 23.2 Å². The average Bonchev–Trinajstić information content (AvgIpc) is 2.71. The third-order valence-corrected chi connectivity index (χ3v) is 7.82. The summed E-state index contributed by atoms with van der Waals surface area (Å²) in [6, 6.07) is 4.68. The molecular weight excluding hydrogens is 414 g/mol. The van der Waals surface area contributed by atoms with Crippen molar-refractivity contribution >= 4 is 27.5 Å². The quantitative estimate of drug-likeness (QED) is 0.730. The van der Waals surface area contributed by atoms with Gasteiger partial charge in [-0.05, 0) is 70.9 Å². The van der Waals surface area contributed by atoms with Crippen molar-refractivity contribution in [1.82, 2.24) is 14.5 Å². The number of nitrogens with one attached hydrogen (secondary N) is 1. The second-order valence-electron chi connectivity index (χ2n) is 7.81. The summed E-state index contributed by atoms with van der Waals surface area (Å²) in [6.07, 6.45) is 3.23. The van der Waals surface area contributed by atoms with Gasteiger partial charge in [-0.15, -0.1) is 0 Å². The number of nitrogens with zero attached hydrogens (tertiary/aromatic N) is 2. The van der Waals surface area contributed by atoms with Crippen LogP contribution in [0, 0.1) is 5.92 Å². The first kappa shape index (κ1) is 22.3. The van der Waals surface area contributed by atoms with Crippen molar-refractivity contribution in [2.24, 2.45) is 5.92 Å². The number of sulfonamides is 1. The van der Waals surface area contributed by atoms with Crippen molar-refractivity contribution in [3.63, 3.8) is 0 Å². The Hall–Kier alpha value is -1.35. The van der Waals surface area contributed by atoms with Crippen molar-refractivity contribution in [2.75, 3.05) is 39.8 Å². The predicted molar refractivity (Wildman–Crippen MR) is 113 cm³/mol. The number of benzene rings is 1. The van der Waals surface area contributed by atoms with Crippen LogP contribution in [0.5, 0.6) is 5.75 Å². The number of hydrogen-bond donors (Lipinski definition) is 1. The molecule has 2 fully saturated rings. The predicted octanol–water partition coefficient (Wildman–Crippen LogP) is 2.35. The molecule has 2 saturated heterocycles. The van der Waals surface area contributed by atoms with Crippen molar-refractivity contribution in [2.45, 2.75) is 43.5 Å². The fraction of sp³-hybridized carbons (Fsp3) is 0.650. The van der Waals surface area contributed by atoms with Gasteiger partial charge < -0.3 is 15.0 Å². The Bertz CT molecular complexity index is 825. The molecule has 2 heterocycles. The molecule has 29 heavy (non-hydrogen) atoms. The molecule has 1 amide bonds. The summed E-state index contributed by atoms with van der Waals surface area (Å²) in [4.78, 5) is 15.1. The third kappa shape index (κ3) is 5.42. The minimum Gasteiger partial charge on any atom is -0.492 e. The number of carbonyl (C=O) groups excluding carboxylic acids is 1. The second-order valence-corrected chi connectivity index (χ2v) is 10.2. The number of hydrogen-bond acceptors (Lipinski definition) is 5. The van der Waals surface area contributed by atoms with Crippen molar-refractivity contribution in [1.29, 1.82) is 0 Å². The number of rotatable bonds is 6. The SMILES string of the molecule is CCOc1ccc(S(=O)(=O)N2CCC[C@@H](C(=O)NC3CCN(C)CC3)C2)cc1Cl. The average molecular weight is 444 g/mol. The highest BCUT2D eigenvalue weighted by Crippen LogP contribution is 2.30. The van der Waals surface area contributed by atoms with Crippen LogP contribution in [-0.4, -0.2) is 69.4 Å². The van der Waals surface area contributed by atoms with E-state index in [2.05, 4.69) is 17.3 Å². The molecule has 1 N–H and O–H groups in total. The number of ether oxygens (including phenoxy) is 1. The number of likely N-dealkylation sites (tertiary alicyclic amines) is 1. The summed E-state index contributed by atoms with van der Waals surface area (Å²) >= 11 is 6.18. The molecule has 2 aliphatic rings. The Kier molecular flexibility index (Phi) is 7.42. The standard InChI is InChI=1S/C20H30ClN3O4S/c1-3-28-19-7-6-17(13-18(19)21)29(26,27)24-10-4-5-15(14-24)20(25)22-16-8-11-23(2)12-9-16/h6-7,13,15-16H,3-5,8-12,14H2,1-2H3,(H,22,25)/t15-/m1/s1. The molecule has 0 aliphatic carbocycles. The van der Waals surface area contributed by atoms with E-state index >= 15 is 0 Å². The summed E-state index contributed by atoms with van der Waals surface area (Å²) in [5.74, 6) is 0.0997. The van der Waals surface area contributed by atoms with Gasteiger partial charge in [0, 0.05) is 19.1 Å². The van der Waals surface area contributed by atoms with Crippen LogP contribution in [0.2, 0.25) is 5.02 Å². The molecule has 0 aromatic heterocycles. The smallest absolute Gasteiger partial charge is 0.243 e. The highest BCUT2D eigenvalue weighted by Gasteiger charge is 2.34. The first-order chi connectivity index (χ1) is 13.8. The highest BCUT2D eigenvalue weighted by atomic mass is 35.5. The van der Waals surface area contributed by atoms with Crippen molar-refractivity contribution in [3.8, 4) is 5.75 Å².